The Kier molecular flexibility index (Phi) is 4.90. The molecule has 103 valence electrons. The van der Waals surface area contributed by atoms with Crippen LogP contribution in [0.1, 0.15) is 77.0 Å². The maximum atomic E-state index is 11.2. The molecule has 0 saturated heterocycles. The second-order valence-electron chi connectivity index (χ2n) is 6.06. The van der Waals surface area contributed by atoms with Crippen LogP contribution in [0.2, 0.25) is 0 Å². The molecule has 1 N–H and O–H groups in total. The van der Waals surface area contributed by atoms with Gasteiger partial charge in [0, 0.05) is 0 Å². The summed E-state index contributed by atoms with van der Waals surface area (Å²) < 4.78 is 5.58. The zero-order chi connectivity index (χ0) is 12.8. The molecule has 0 aromatic heterocycles. The molecule has 0 spiro atoms. The minimum Gasteiger partial charge on any atom is -0.441 e. The van der Waals surface area contributed by atoms with E-state index in [-0.39, 0.29) is 5.60 Å². The third kappa shape index (κ3) is 3.39. The Balaban J connectivity index is 2.12. The minimum atomic E-state index is -0.818. The van der Waals surface area contributed by atoms with Crippen molar-refractivity contribution in [2.45, 2.75) is 82.7 Å². The van der Waals surface area contributed by atoms with Gasteiger partial charge in [-0.1, -0.05) is 38.5 Å². The fourth-order valence-electron chi connectivity index (χ4n) is 3.91. The van der Waals surface area contributed by atoms with E-state index in [1.54, 1.807) is 0 Å². The topological polar surface area (TPSA) is 50.1 Å². The summed E-state index contributed by atoms with van der Waals surface area (Å²) >= 11 is 0. The molecule has 3 nitrogen and oxygen atoms in total. The van der Waals surface area contributed by atoms with Gasteiger partial charge in [0.2, 0.25) is 0 Å². The van der Waals surface area contributed by atoms with Crippen LogP contribution in [0.5, 0.6) is 0 Å². The standard InChI is InChI=1S/C15H26NO2/c16-14(17)18-15(11-7-3-4-8-12-15)13-9-5-1-2-6-10-13/h13,16H,1-12H2. The van der Waals surface area contributed by atoms with Crippen LogP contribution in [0.15, 0.2) is 0 Å². The number of hydrogen-bond donors (Lipinski definition) is 0. The molecular weight excluding hydrogens is 226 g/mol. The Bertz CT molecular complexity index is 262. The van der Waals surface area contributed by atoms with E-state index < -0.39 is 6.09 Å². The molecule has 1 amide bonds. The van der Waals surface area contributed by atoms with E-state index in [9.17, 15) is 4.79 Å². The molecule has 3 heteroatoms. The lowest BCUT2D eigenvalue weighted by Crippen LogP contribution is -2.42. The van der Waals surface area contributed by atoms with Crippen molar-refractivity contribution in [3.8, 4) is 0 Å². The molecule has 2 rings (SSSR count). The predicted octanol–water partition coefficient (Wildman–Crippen LogP) is 4.47. The molecule has 0 aromatic carbocycles. The van der Waals surface area contributed by atoms with Crippen molar-refractivity contribution < 1.29 is 9.53 Å². The Labute approximate surface area is 110 Å². The van der Waals surface area contributed by atoms with Crippen LogP contribution in [-0.2, 0) is 4.74 Å². The number of hydrogen-bond acceptors (Lipinski definition) is 2. The summed E-state index contributed by atoms with van der Waals surface area (Å²) in [6.07, 6.45) is 13.5. The van der Waals surface area contributed by atoms with Crippen LogP contribution in [0.3, 0.4) is 0 Å². The molecule has 2 fully saturated rings. The Morgan fingerprint density at radius 3 is 1.89 bits per heavy atom. The highest BCUT2D eigenvalue weighted by Gasteiger charge is 2.42. The Morgan fingerprint density at radius 2 is 1.39 bits per heavy atom. The molecule has 18 heavy (non-hydrogen) atoms. The largest absolute Gasteiger partial charge is 0.441 e. The first kappa shape index (κ1) is 13.7. The number of amides is 1. The molecule has 2 saturated carbocycles. The third-order valence-corrected chi connectivity index (χ3v) is 4.85. The first-order chi connectivity index (χ1) is 8.73. The van der Waals surface area contributed by atoms with Gasteiger partial charge < -0.3 is 4.74 Å². The van der Waals surface area contributed by atoms with Gasteiger partial charge in [-0.2, -0.15) is 0 Å². The number of nitrogens with one attached hydrogen (secondary N) is 1. The molecule has 0 atom stereocenters. The second kappa shape index (κ2) is 6.44. The SMILES string of the molecule is [NH]C(=O)OC1(C2CCCCCC2)CCCCCC1. The summed E-state index contributed by atoms with van der Waals surface area (Å²) in [7, 11) is 0. The van der Waals surface area contributed by atoms with Crippen molar-refractivity contribution in [2.75, 3.05) is 0 Å². The van der Waals surface area contributed by atoms with Crippen LogP contribution in [0, 0.1) is 5.92 Å². The zero-order valence-electron chi connectivity index (χ0n) is 11.4. The molecule has 0 heterocycles. The first-order valence-electron chi connectivity index (χ1n) is 7.67. The van der Waals surface area contributed by atoms with Gasteiger partial charge in [-0.3, -0.25) is 0 Å². The summed E-state index contributed by atoms with van der Waals surface area (Å²) in [6.45, 7) is 0. The highest BCUT2D eigenvalue weighted by atomic mass is 16.6. The maximum absolute atomic E-state index is 11.2. The second-order valence-corrected chi connectivity index (χ2v) is 6.06. The van der Waals surface area contributed by atoms with Crippen LogP contribution >= 0.6 is 0 Å². The lowest BCUT2D eigenvalue weighted by Gasteiger charge is -2.39. The normalized spacial score (nSPS) is 26.0. The zero-order valence-corrected chi connectivity index (χ0v) is 11.4. The quantitative estimate of drug-likeness (QED) is 0.681. The summed E-state index contributed by atoms with van der Waals surface area (Å²) in [4.78, 5) is 11.2. The highest BCUT2D eigenvalue weighted by Crippen LogP contribution is 2.42. The molecule has 0 unspecified atom stereocenters. The average Bonchev–Trinajstić information content (AvgIpc) is 2.70. The molecule has 0 bridgehead atoms. The summed E-state index contributed by atoms with van der Waals surface area (Å²) in [5.41, 5.74) is 6.93. The molecule has 2 aliphatic rings. The fraction of sp³-hybridized carbons (Fsp3) is 0.933. The number of rotatable bonds is 2. The van der Waals surface area contributed by atoms with Gasteiger partial charge in [-0.25, -0.2) is 10.5 Å². The van der Waals surface area contributed by atoms with E-state index in [0.29, 0.717) is 5.92 Å². The average molecular weight is 252 g/mol. The van der Waals surface area contributed by atoms with E-state index >= 15 is 0 Å². The highest BCUT2D eigenvalue weighted by molar-refractivity contribution is 5.64. The van der Waals surface area contributed by atoms with Crippen LogP contribution in [0.4, 0.5) is 4.79 Å². The number of ether oxygens (including phenoxy) is 1. The van der Waals surface area contributed by atoms with Crippen molar-refractivity contribution >= 4 is 6.09 Å². The lowest BCUT2D eigenvalue weighted by atomic mass is 9.77. The molecule has 0 aliphatic heterocycles. The van der Waals surface area contributed by atoms with Crippen LogP contribution < -0.4 is 5.73 Å². The van der Waals surface area contributed by atoms with E-state index in [1.807, 2.05) is 0 Å². The summed E-state index contributed by atoms with van der Waals surface area (Å²) in [5, 5.41) is 0. The smallest absolute Gasteiger partial charge is 0.426 e. The van der Waals surface area contributed by atoms with Crippen LogP contribution in [-0.4, -0.2) is 11.7 Å². The van der Waals surface area contributed by atoms with Crippen molar-refractivity contribution in [2.24, 2.45) is 5.92 Å². The van der Waals surface area contributed by atoms with Gasteiger partial charge in [-0.05, 0) is 44.4 Å². The number of carbonyl (C=O) groups is 1. The van der Waals surface area contributed by atoms with Gasteiger partial charge in [0.1, 0.15) is 5.60 Å². The minimum absolute atomic E-state index is 0.292. The fourth-order valence-corrected chi connectivity index (χ4v) is 3.91. The molecular formula is C15H26NO2. The first-order valence-corrected chi connectivity index (χ1v) is 7.67. The van der Waals surface area contributed by atoms with Crippen molar-refractivity contribution in [3.05, 3.63) is 0 Å². The molecule has 1 radical (unpaired) electrons. The summed E-state index contributed by atoms with van der Waals surface area (Å²) in [6, 6.07) is 0. The van der Waals surface area contributed by atoms with E-state index in [4.69, 9.17) is 10.5 Å². The lowest BCUT2D eigenvalue weighted by molar-refractivity contribution is -0.0481. The maximum Gasteiger partial charge on any atom is 0.426 e. The monoisotopic (exact) mass is 252 g/mol. The van der Waals surface area contributed by atoms with Gasteiger partial charge in [0.25, 0.3) is 0 Å². The Morgan fingerprint density at radius 1 is 0.889 bits per heavy atom. The third-order valence-electron chi connectivity index (χ3n) is 4.85. The van der Waals surface area contributed by atoms with Gasteiger partial charge in [-0.15, -0.1) is 0 Å². The predicted molar refractivity (Wildman–Crippen MR) is 71.2 cm³/mol. The van der Waals surface area contributed by atoms with Gasteiger partial charge in [0.05, 0.1) is 0 Å². The Hall–Kier alpha value is -0.730. The molecule has 0 aromatic rings. The van der Waals surface area contributed by atoms with E-state index in [1.165, 1.54) is 51.4 Å². The van der Waals surface area contributed by atoms with Crippen LogP contribution in [0.25, 0.3) is 0 Å². The van der Waals surface area contributed by atoms with Crippen molar-refractivity contribution in [3.63, 3.8) is 0 Å². The summed E-state index contributed by atoms with van der Waals surface area (Å²) in [5.74, 6) is 0.507. The van der Waals surface area contributed by atoms with E-state index in [2.05, 4.69) is 0 Å². The van der Waals surface area contributed by atoms with Crippen molar-refractivity contribution in [1.29, 1.82) is 0 Å². The van der Waals surface area contributed by atoms with Gasteiger partial charge >= 0.3 is 6.09 Å². The van der Waals surface area contributed by atoms with Crippen molar-refractivity contribution in [1.82, 2.24) is 5.73 Å². The number of carbonyl (C=O) groups excluding carboxylic acids is 1. The van der Waals surface area contributed by atoms with Gasteiger partial charge in [0.15, 0.2) is 0 Å². The molecule has 2 aliphatic carbocycles. The van der Waals surface area contributed by atoms with E-state index in [0.717, 1.165) is 25.7 Å².